The predicted octanol–water partition coefficient (Wildman–Crippen LogP) is 3.01. The first-order chi connectivity index (χ1) is 13.7. The van der Waals surface area contributed by atoms with Crippen LogP contribution in [0.5, 0.6) is 0 Å². The summed E-state index contributed by atoms with van der Waals surface area (Å²) in [5, 5.41) is 8.89. The van der Waals surface area contributed by atoms with E-state index in [0.29, 0.717) is 12.1 Å². The van der Waals surface area contributed by atoms with Crippen molar-refractivity contribution in [1.82, 2.24) is 9.21 Å². The number of likely N-dealkylation sites (N-methyl/N-ethyl adjacent to an activating group) is 1. The van der Waals surface area contributed by atoms with Crippen molar-refractivity contribution in [2.75, 3.05) is 20.1 Å². The van der Waals surface area contributed by atoms with Crippen molar-refractivity contribution in [3.63, 3.8) is 0 Å². The Balaban J connectivity index is 2.15. The van der Waals surface area contributed by atoms with Crippen LogP contribution in [0.2, 0.25) is 0 Å². The molecule has 6 nitrogen and oxygen atoms in total. The lowest BCUT2D eigenvalue weighted by Gasteiger charge is -2.24. The van der Waals surface area contributed by atoms with Gasteiger partial charge in [0.1, 0.15) is 0 Å². The molecule has 7 heteroatoms. The molecular weight excluding hydrogens is 386 g/mol. The zero-order chi connectivity index (χ0) is 21.6. The first kappa shape index (κ1) is 22.3. The van der Waals surface area contributed by atoms with Crippen LogP contribution in [-0.2, 0) is 21.4 Å². The van der Waals surface area contributed by atoms with Gasteiger partial charge in [0.2, 0.25) is 15.9 Å². The van der Waals surface area contributed by atoms with Crippen molar-refractivity contribution in [2.24, 2.45) is 0 Å². The number of sulfonamides is 1. The predicted molar refractivity (Wildman–Crippen MR) is 113 cm³/mol. The summed E-state index contributed by atoms with van der Waals surface area (Å²) in [5.41, 5.74) is 3.26. The Morgan fingerprint density at radius 3 is 2.34 bits per heavy atom. The Labute approximate surface area is 172 Å². The number of hydrogen-bond acceptors (Lipinski definition) is 4. The lowest BCUT2D eigenvalue weighted by atomic mass is 10.1. The van der Waals surface area contributed by atoms with Gasteiger partial charge in [-0.1, -0.05) is 24.3 Å². The molecule has 0 heterocycles. The van der Waals surface area contributed by atoms with Crippen LogP contribution in [0.25, 0.3) is 0 Å². The largest absolute Gasteiger partial charge is 0.334 e. The second-order valence-electron chi connectivity index (χ2n) is 6.88. The number of nitriles is 1. The van der Waals surface area contributed by atoms with Crippen molar-refractivity contribution in [1.29, 1.82) is 5.26 Å². The van der Waals surface area contributed by atoms with E-state index >= 15 is 0 Å². The van der Waals surface area contributed by atoms with Crippen molar-refractivity contribution >= 4 is 15.9 Å². The quantitative estimate of drug-likeness (QED) is 0.625. The van der Waals surface area contributed by atoms with E-state index in [2.05, 4.69) is 12.6 Å². The minimum Gasteiger partial charge on any atom is -0.334 e. The number of aryl methyl sites for hydroxylation is 2. The molecule has 0 fully saturated rings. The number of carbonyl (C=O) groups is 1. The number of benzene rings is 2. The third kappa shape index (κ3) is 5.53. The molecule has 0 aliphatic rings. The second kappa shape index (κ2) is 9.50. The van der Waals surface area contributed by atoms with Crippen LogP contribution in [0.15, 0.2) is 60.0 Å². The minimum absolute atomic E-state index is 0.165. The van der Waals surface area contributed by atoms with Crippen LogP contribution in [0.1, 0.15) is 22.3 Å². The molecule has 2 rings (SSSR count). The fourth-order valence-electron chi connectivity index (χ4n) is 2.75. The standard InChI is InChI=1S/C22H25N3O3S/c1-5-12-25(15-20-9-7-19(14-23)8-10-20)22(26)16-24(4)29(27,28)21-11-6-17(2)18(3)13-21/h5-11,13H,1,12,15-16H2,2-4H3. The molecule has 0 aliphatic heterocycles. The lowest BCUT2D eigenvalue weighted by molar-refractivity contribution is -0.131. The SMILES string of the molecule is C=CCN(Cc1ccc(C#N)cc1)C(=O)CN(C)S(=O)(=O)c1ccc(C)c(C)c1. The fourth-order valence-corrected chi connectivity index (χ4v) is 3.95. The second-order valence-corrected chi connectivity index (χ2v) is 8.92. The van der Waals surface area contributed by atoms with Gasteiger partial charge in [0.15, 0.2) is 0 Å². The Bertz CT molecular complexity index is 1040. The van der Waals surface area contributed by atoms with Crippen LogP contribution < -0.4 is 0 Å². The molecule has 0 aromatic heterocycles. The average Bonchev–Trinajstić information content (AvgIpc) is 2.70. The van der Waals surface area contributed by atoms with Gasteiger partial charge >= 0.3 is 0 Å². The maximum Gasteiger partial charge on any atom is 0.243 e. The van der Waals surface area contributed by atoms with Gasteiger partial charge in [-0.05, 0) is 54.8 Å². The smallest absolute Gasteiger partial charge is 0.243 e. The monoisotopic (exact) mass is 411 g/mol. The Morgan fingerprint density at radius 1 is 1.14 bits per heavy atom. The Morgan fingerprint density at radius 2 is 1.79 bits per heavy atom. The van der Waals surface area contributed by atoms with Crippen LogP contribution in [0, 0.1) is 25.2 Å². The topological polar surface area (TPSA) is 81.5 Å². The van der Waals surface area contributed by atoms with Crippen LogP contribution >= 0.6 is 0 Å². The van der Waals surface area contributed by atoms with E-state index in [0.717, 1.165) is 21.0 Å². The van der Waals surface area contributed by atoms with E-state index in [-0.39, 0.29) is 23.9 Å². The van der Waals surface area contributed by atoms with Gasteiger partial charge in [0.25, 0.3) is 0 Å². The maximum absolute atomic E-state index is 12.8. The van der Waals surface area contributed by atoms with E-state index in [1.807, 2.05) is 13.8 Å². The summed E-state index contributed by atoms with van der Waals surface area (Å²) in [4.78, 5) is 14.5. The van der Waals surface area contributed by atoms with Crippen molar-refractivity contribution in [3.05, 3.63) is 77.4 Å². The molecule has 0 N–H and O–H groups in total. The Hall–Kier alpha value is -2.95. The molecule has 0 aliphatic carbocycles. The first-order valence-electron chi connectivity index (χ1n) is 9.10. The molecule has 29 heavy (non-hydrogen) atoms. The highest BCUT2D eigenvalue weighted by Crippen LogP contribution is 2.18. The summed E-state index contributed by atoms with van der Waals surface area (Å²) < 4.78 is 26.8. The minimum atomic E-state index is -3.78. The average molecular weight is 412 g/mol. The number of carbonyl (C=O) groups excluding carboxylic acids is 1. The van der Waals surface area contributed by atoms with Gasteiger partial charge < -0.3 is 4.90 Å². The van der Waals surface area contributed by atoms with E-state index in [9.17, 15) is 13.2 Å². The van der Waals surface area contributed by atoms with Crippen molar-refractivity contribution in [2.45, 2.75) is 25.3 Å². The van der Waals surface area contributed by atoms with Crippen LogP contribution in [0.3, 0.4) is 0 Å². The summed E-state index contributed by atoms with van der Waals surface area (Å²) in [5.74, 6) is -0.329. The third-order valence-electron chi connectivity index (χ3n) is 4.70. The summed E-state index contributed by atoms with van der Waals surface area (Å²) in [6.07, 6.45) is 1.60. The van der Waals surface area contributed by atoms with Gasteiger partial charge in [-0.2, -0.15) is 9.57 Å². The summed E-state index contributed by atoms with van der Waals surface area (Å²) in [7, 11) is -2.38. The van der Waals surface area contributed by atoms with E-state index < -0.39 is 10.0 Å². The highest BCUT2D eigenvalue weighted by atomic mass is 32.2. The number of hydrogen-bond donors (Lipinski definition) is 0. The van der Waals surface area contributed by atoms with Crippen LogP contribution in [-0.4, -0.2) is 43.7 Å². The molecule has 152 valence electrons. The van der Waals surface area contributed by atoms with Crippen molar-refractivity contribution in [3.8, 4) is 6.07 Å². The van der Waals surface area contributed by atoms with Gasteiger partial charge in [-0.3, -0.25) is 4.79 Å². The Kier molecular flexibility index (Phi) is 7.32. The molecule has 0 spiro atoms. The van der Waals surface area contributed by atoms with Gasteiger partial charge in [0.05, 0.1) is 23.1 Å². The molecule has 1 amide bonds. The fraction of sp³-hybridized carbons (Fsp3) is 0.273. The molecule has 0 bridgehead atoms. The molecule has 2 aromatic rings. The zero-order valence-electron chi connectivity index (χ0n) is 16.9. The number of amides is 1. The highest BCUT2D eigenvalue weighted by Gasteiger charge is 2.25. The highest BCUT2D eigenvalue weighted by molar-refractivity contribution is 7.89. The van der Waals surface area contributed by atoms with Crippen molar-refractivity contribution < 1.29 is 13.2 Å². The van der Waals surface area contributed by atoms with Gasteiger partial charge in [0, 0.05) is 20.1 Å². The van der Waals surface area contributed by atoms with E-state index in [1.54, 1.807) is 48.5 Å². The number of rotatable bonds is 8. The maximum atomic E-state index is 12.8. The summed E-state index contributed by atoms with van der Waals surface area (Å²) in [6.45, 7) is 7.75. The molecule has 2 aromatic carbocycles. The van der Waals surface area contributed by atoms with E-state index in [4.69, 9.17) is 5.26 Å². The zero-order valence-corrected chi connectivity index (χ0v) is 17.7. The molecule has 0 atom stereocenters. The lowest BCUT2D eigenvalue weighted by Crippen LogP contribution is -2.41. The molecular formula is C22H25N3O3S. The first-order valence-corrected chi connectivity index (χ1v) is 10.5. The molecule has 0 saturated heterocycles. The molecule has 0 radical (unpaired) electrons. The summed E-state index contributed by atoms with van der Waals surface area (Å²) >= 11 is 0. The normalized spacial score (nSPS) is 11.1. The number of nitrogens with zero attached hydrogens (tertiary/aromatic N) is 3. The third-order valence-corrected chi connectivity index (χ3v) is 6.50. The molecule has 0 saturated carbocycles. The van der Waals surface area contributed by atoms with Gasteiger partial charge in [-0.25, -0.2) is 8.42 Å². The van der Waals surface area contributed by atoms with Gasteiger partial charge in [-0.15, -0.1) is 6.58 Å². The van der Waals surface area contributed by atoms with E-state index in [1.165, 1.54) is 11.9 Å². The molecule has 0 unspecified atom stereocenters. The van der Waals surface area contributed by atoms with Crippen LogP contribution in [0.4, 0.5) is 0 Å². The summed E-state index contributed by atoms with van der Waals surface area (Å²) in [6, 6.07) is 13.9.